The summed E-state index contributed by atoms with van der Waals surface area (Å²) in [4.78, 5) is 9.24. The molecule has 0 radical (unpaired) electrons. The summed E-state index contributed by atoms with van der Waals surface area (Å²) in [6.45, 7) is 8.83. The van der Waals surface area contributed by atoms with Crippen molar-refractivity contribution < 1.29 is 25.8 Å². The number of pyridine rings is 1. The van der Waals surface area contributed by atoms with Gasteiger partial charge in [-0.1, -0.05) is 78.9 Å². The standard InChI is InChI=1S/C42H30N3OS2.Pt/c1-42(2,3)28-18-20-43-36(22-28)33-24-34-32(17-16-27-19-21-47-40(27)34)41-35(33)25-39(48-41)46-31-13-9-12-30(23-31)45-26-44(29-10-5-4-6-11-29)37-14-7-8-15-38(37)45;/h4-22,24,26H,1-3H3;/q-3;. The van der Waals surface area contributed by atoms with E-state index in [4.69, 9.17) is 9.72 Å². The second-order valence-electron chi connectivity index (χ2n) is 13.0. The van der Waals surface area contributed by atoms with Crippen LogP contribution in [0.3, 0.4) is 0 Å². The molecule has 0 saturated carbocycles. The van der Waals surface area contributed by atoms with Crippen LogP contribution in [0.4, 0.5) is 22.7 Å². The Morgan fingerprint density at radius 1 is 0.755 bits per heavy atom. The Morgan fingerprint density at radius 3 is 2.37 bits per heavy atom. The third kappa shape index (κ3) is 5.62. The van der Waals surface area contributed by atoms with Crippen LogP contribution in [-0.4, -0.2) is 4.98 Å². The fourth-order valence-electron chi connectivity index (χ4n) is 6.45. The van der Waals surface area contributed by atoms with Gasteiger partial charge in [0, 0.05) is 60.5 Å². The molecule has 0 aliphatic carbocycles. The van der Waals surface area contributed by atoms with Gasteiger partial charge in [-0.2, -0.15) is 22.8 Å². The average molecular weight is 852 g/mol. The first-order valence-electron chi connectivity index (χ1n) is 15.9. The van der Waals surface area contributed by atoms with Crippen molar-refractivity contribution >= 4 is 76.4 Å². The Hall–Kier alpha value is -4.48. The second-order valence-corrected chi connectivity index (χ2v) is 14.9. The number of nitrogens with zero attached hydrogens (tertiary/aromatic N) is 3. The van der Waals surface area contributed by atoms with Gasteiger partial charge < -0.3 is 14.5 Å². The van der Waals surface area contributed by atoms with E-state index in [-0.39, 0.29) is 26.5 Å². The van der Waals surface area contributed by atoms with Crippen LogP contribution < -0.4 is 14.5 Å². The van der Waals surface area contributed by atoms with Crippen molar-refractivity contribution in [2.24, 2.45) is 0 Å². The molecule has 5 aromatic carbocycles. The first-order valence-corrected chi connectivity index (χ1v) is 17.6. The van der Waals surface area contributed by atoms with E-state index in [0.717, 1.165) is 44.1 Å². The van der Waals surface area contributed by atoms with E-state index < -0.39 is 0 Å². The third-order valence-corrected chi connectivity index (χ3v) is 10.9. The normalized spacial score (nSPS) is 12.9. The van der Waals surface area contributed by atoms with Gasteiger partial charge >= 0.3 is 0 Å². The summed E-state index contributed by atoms with van der Waals surface area (Å²) in [5.74, 6) is 0.638. The van der Waals surface area contributed by atoms with Crippen molar-refractivity contribution in [3.05, 3.63) is 145 Å². The number of hydrogen-bond donors (Lipinski definition) is 0. The Kier molecular flexibility index (Phi) is 8.07. The van der Waals surface area contributed by atoms with Crippen LogP contribution in [0, 0.1) is 18.8 Å². The monoisotopic (exact) mass is 851 g/mol. The smallest absolute Gasteiger partial charge is 0.107 e. The molecule has 0 amide bonds. The first-order chi connectivity index (χ1) is 23.4. The fourth-order valence-corrected chi connectivity index (χ4v) is 8.39. The number of rotatable bonds is 5. The first kappa shape index (κ1) is 31.8. The maximum Gasteiger partial charge on any atom is 0.107 e. The quantitative estimate of drug-likeness (QED) is 0.161. The zero-order valence-corrected chi connectivity index (χ0v) is 30.9. The van der Waals surface area contributed by atoms with Gasteiger partial charge in [0.05, 0.1) is 0 Å². The van der Waals surface area contributed by atoms with E-state index in [2.05, 4.69) is 146 Å². The molecule has 7 heteroatoms. The van der Waals surface area contributed by atoms with E-state index >= 15 is 0 Å². The predicted octanol–water partition coefficient (Wildman–Crippen LogP) is 12.4. The summed E-state index contributed by atoms with van der Waals surface area (Å²) >= 11 is 3.41. The van der Waals surface area contributed by atoms with Crippen LogP contribution in [-0.2, 0) is 26.5 Å². The largest absolute Gasteiger partial charge is 0.493 e. The van der Waals surface area contributed by atoms with Crippen LogP contribution in [0.1, 0.15) is 26.3 Å². The third-order valence-electron chi connectivity index (χ3n) is 8.89. The Labute approximate surface area is 308 Å². The fraction of sp³-hybridized carbons (Fsp3) is 0.0952. The van der Waals surface area contributed by atoms with Crippen molar-refractivity contribution in [2.45, 2.75) is 26.2 Å². The van der Waals surface area contributed by atoms with Gasteiger partial charge in [0.25, 0.3) is 0 Å². The molecule has 0 atom stereocenters. The molecule has 0 fully saturated rings. The molecule has 9 rings (SSSR count). The molecule has 0 saturated heterocycles. The zero-order valence-electron chi connectivity index (χ0n) is 27.0. The molecule has 8 aromatic rings. The van der Waals surface area contributed by atoms with Crippen LogP contribution in [0.15, 0.2) is 121 Å². The average Bonchev–Trinajstić information content (AvgIpc) is 3.85. The molecule has 0 N–H and O–H groups in total. The Morgan fingerprint density at radius 2 is 1.55 bits per heavy atom. The SMILES string of the molecule is CC(C)(C)c1ccnc(-c2cc3c(ccc4ccsc43)c3sc(Oc4[c-]c(N5[CH-]N(c6ccccc6)c6ccccc65)ccc4)[c-]c23)c1.[Pt]. The van der Waals surface area contributed by atoms with Crippen molar-refractivity contribution in [2.75, 3.05) is 9.80 Å². The number of anilines is 4. The van der Waals surface area contributed by atoms with Crippen LogP contribution in [0.25, 0.3) is 42.2 Å². The van der Waals surface area contributed by atoms with Crippen molar-refractivity contribution in [1.82, 2.24) is 4.98 Å². The molecule has 49 heavy (non-hydrogen) atoms. The number of fused-ring (bicyclic) bond motifs is 6. The summed E-state index contributed by atoms with van der Waals surface area (Å²) in [6, 6.07) is 45.3. The zero-order chi connectivity index (χ0) is 32.4. The van der Waals surface area contributed by atoms with Crippen LogP contribution in [0.5, 0.6) is 10.8 Å². The summed E-state index contributed by atoms with van der Waals surface area (Å²) < 4.78 is 9.02. The maximum atomic E-state index is 6.59. The topological polar surface area (TPSA) is 28.6 Å². The molecule has 1 aliphatic rings. The van der Waals surface area contributed by atoms with Crippen molar-refractivity contribution in [1.29, 1.82) is 0 Å². The van der Waals surface area contributed by atoms with Crippen molar-refractivity contribution in [3.63, 3.8) is 0 Å². The molecule has 4 heterocycles. The molecule has 0 spiro atoms. The van der Waals surface area contributed by atoms with E-state index in [1.165, 1.54) is 26.4 Å². The molecular formula is C42H30N3OPtS2-3. The molecular weight excluding hydrogens is 822 g/mol. The van der Waals surface area contributed by atoms with Gasteiger partial charge in [0.2, 0.25) is 0 Å². The number of hydrogen-bond acceptors (Lipinski definition) is 6. The molecule has 4 nitrogen and oxygen atoms in total. The Balaban J connectivity index is 0.00000348. The molecule has 3 aromatic heterocycles. The molecule has 0 bridgehead atoms. The second kappa shape index (κ2) is 12.4. The summed E-state index contributed by atoms with van der Waals surface area (Å²) in [7, 11) is 0. The molecule has 0 unspecified atom stereocenters. The van der Waals surface area contributed by atoms with Gasteiger partial charge in [-0.3, -0.25) is 4.98 Å². The van der Waals surface area contributed by atoms with E-state index in [1.54, 1.807) is 22.7 Å². The number of ether oxygens (including phenoxy) is 1. The van der Waals surface area contributed by atoms with E-state index in [9.17, 15) is 0 Å². The number of para-hydroxylation sites is 3. The number of thiophene rings is 2. The van der Waals surface area contributed by atoms with E-state index in [1.807, 2.05) is 24.4 Å². The van der Waals surface area contributed by atoms with Crippen molar-refractivity contribution in [3.8, 4) is 22.1 Å². The van der Waals surface area contributed by atoms with E-state index in [0.29, 0.717) is 10.8 Å². The summed E-state index contributed by atoms with van der Waals surface area (Å²) in [5.41, 5.74) is 7.47. The van der Waals surface area contributed by atoms with Gasteiger partial charge in [-0.15, -0.1) is 54.0 Å². The molecule has 1 aliphatic heterocycles. The predicted molar refractivity (Wildman–Crippen MR) is 202 cm³/mol. The van der Waals surface area contributed by atoms with Crippen LogP contribution >= 0.6 is 22.7 Å². The number of aromatic nitrogens is 1. The Bertz CT molecular complexity index is 2480. The number of benzene rings is 5. The maximum absolute atomic E-state index is 6.59. The minimum absolute atomic E-state index is 0. The van der Waals surface area contributed by atoms with Crippen LogP contribution in [0.2, 0.25) is 0 Å². The summed E-state index contributed by atoms with van der Waals surface area (Å²) in [6.07, 6.45) is 1.92. The van der Waals surface area contributed by atoms with Gasteiger partial charge in [-0.05, 0) is 69.6 Å². The van der Waals surface area contributed by atoms with Gasteiger partial charge in [0.15, 0.2) is 0 Å². The van der Waals surface area contributed by atoms with Gasteiger partial charge in [0.1, 0.15) is 5.06 Å². The summed E-state index contributed by atoms with van der Waals surface area (Å²) in [5, 5.41) is 7.57. The van der Waals surface area contributed by atoms with Gasteiger partial charge in [-0.25, -0.2) is 0 Å². The minimum Gasteiger partial charge on any atom is -0.493 e. The minimum atomic E-state index is 0. The molecule has 244 valence electrons.